The van der Waals surface area contributed by atoms with Gasteiger partial charge in [0.15, 0.2) is 0 Å². The van der Waals surface area contributed by atoms with Gasteiger partial charge in [0.1, 0.15) is 12.5 Å². The van der Waals surface area contributed by atoms with Crippen LogP contribution in [-0.2, 0) is 28.7 Å². The fourth-order valence-corrected chi connectivity index (χ4v) is 7.97. The van der Waals surface area contributed by atoms with E-state index in [-0.39, 0.29) is 18.9 Å². The number of hydrogen-bond donors (Lipinski definition) is 0. The van der Waals surface area contributed by atoms with Crippen LogP contribution in [0.4, 0.5) is 10.5 Å². The number of imide groups is 2. The molecule has 9 nitrogen and oxygen atoms in total. The lowest BCUT2D eigenvalue weighted by molar-refractivity contribution is -0.155. The molecule has 1 aromatic carbocycles. The van der Waals surface area contributed by atoms with Crippen LogP contribution in [0.15, 0.2) is 30.3 Å². The van der Waals surface area contributed by atoms with Gasteiger partial charge in [-0.2, -0.15) is 0 Å². The molecule has 4 amide bonds. The highest BCUT2D eigenvalue weighted by Crippen LogP contribution is 2.27. The molecular weight excluding hydrogens is 741 g/mol. The summed E-state index contributed by atoms with van der Waals surface area (Å²) in [6, 6.07) is 7.31. The first-order valence-corrected chi connectivity index (χ1v) is 24.5. The highest BCUT2D eigenvalue weighted by molar-refractivity contribution is 6.28. The first-order chi connectivity index (χ1) is 28.9. The number of urea groups is 1. The zero-order valence-corrected chi connectivity index (χ0v) is 37.7. The Balaban J connectivity index is 1.63. The molecule has 0 aliphatic carbocycles. The molecule has 59 heavy (non-hydrogen) atoms. The van der Waals surface area contributed by atoms with Crippen LogP contribution in [0.25, 0.3) is 0 Å². The second-order valence-corrected chi connectivity index (χ2v) is 17.0. The van der Waals surface area contributed by atoms with Gasteiger partial charge in [-0.3, -0.25) is 24.1 Å². The smallest absolute Gasteiger partial charge is 0.338 e. The summed E-state index contributed by atoms with van der Waals surface area (Å²) in [5.41, 5.74) is 0.257. The molecule has 1 aliphatic rings. The largest absolute Gasteiger partial charge is 0.466 e. The molecular formula is C50H84N2O7. The molecule has 9 heteroatoms. The molecule has 336 valence electrons. The van der Waals surface area contributed by atoms with Crippen molar-refractivity contribution in [3.63, 3.8) is 0 Å². The molecule has 2 rings (SSSR count). The van der Waals surface area contributed by atoms with Crippen LogP contribution < -0.4 is 4.90 Å². The minimum Gasteiger partial charge on any atom is -0.466 e. The molecule has 0 N–H and O–H groups in total. The van der Waals surface area contributed by atoms with Crippen LogP contribution >= 0.6 is 0 Å². The minimum absolute atomic E-state index is 0.198. The van der Waals surface area contributed by atoms with Gasteiger partial charge in [0.25, 0.3) is 0 Å². The topological polar surface area (TPSA) is 110 Å². The Bertz CT molecular complexity index is 1180. The van der Waals surface area contributed by atoms with E-state index in [0.717, 1.165) is 48.3 Å². The maximum Gasteiger partial charge on any atom is 0.338 e. The highest BCUT2D eigenvalue weighted by atomic mass is 16.5. The molecule has 1 atom stereocenters. The summed E-state index contributed by atoms with van der Waals surface area (Å²) in [6.07, 6.45) is 39.4. The Morgan fingerprint density at radius 1 is 0.458 bits per heavy atom. The number of barbiturate groups is 1. The van der Waals surface area contributed by atoms with Gasteiger partial charge in [0, 0.05) is 0 Å². The second kappa shape index (κ2) is 35.5. The van der Waals surface area contributed by atoms with E-state index in [1.54, 1.807) is 30.3 Å². The van der Waals surface area contributed by atoms with Gasteiger partial charge >= 0.3 is 18.0 Å². The third-order valence-corrected chi connectivity index (χ3v) is 11.7. The van der Waals surface area contributed by atoms with Crippen molar-refractivity contribution < 1.29 is 33.4 Å². The Morgan fingerprint density at radius 2 is 0.797 bits per heavy atom. The Labute approximate surface area is 359 Å². The lowest BCUT2D eigenvalue weighted by atomic mass is 9.99. The highest BCUT2D eigenvalue weighted by Gasteiger charge is 2.48. The number of benzene rings is 1. The van der Waals surface area contributed by atoms with Crippen LogP contribution in [0, 0.1) is 5.92 Å². The van der Waals surface area contributed by atoms with Gasteiger partial charge in [-0.05, 0) is 25.0 Å². The molecule has 0 aromatic heterocycles. The van der Waals surface area contributed by atoms with Crippen LogP contribution in [0.2, 0.25) is 0 Å². The summed E-state index contributed by atoms with van der Waals surface area (Å²) in [4.78, 5) is 67.8. The molecule has 1 aromatic rings. The molecule has 1 saturated heterocycles. The van der Waals surface area contributed by atoms with E-state index in [4.69, 9.17) is 9.47 Å². The summed E-state index contributed by atoms with van der Waals surface area (Å²) in [6.45, 7) is 4.30. The van der Waals surface area contributed by atoms with Crippen molar-refractivity contribution in [1.29, 1.82) is 0 Å². The summed E-state index contributed by atoms with van der Waals surface area (Å²) in [7, 11) is 0. The number of amides is 4. The zero-order chi connectivity index (χ0) is 42.6. The number of carbonyl (C=O) groups is 5. The van der Waals surface area contributed by atoms with Gasteiger partial charge in [-0.15, -0.1) is 0 Å². The lowest BCUT2D eigenvalue weighted by Crippen LogP contribution is -2.61. The second-order valence-electron chi connectivity index (χ2n) is 17.0. The van der Waals surface area contributed by atoms with Gasteiger partial charge in [0.05, 0.1) is 25.3 Å². The maximum absolute atomic E-state index is 13.5. The summed E-state index contributed by atoms with van der Waals surface area (Å²) in [5, 5.41) is 0. The maximum atomic E-state index is 13.5. The fraction of sp³-hybridized carbons (Fsp3) is 0.780. The van der Waals surface area contributed by atoms with Crippen LogP contribution in [0.3, 0.4) is 0 Å². The summed E-state index contributed by atoms with van der Waals surface area (Å²) >= 11 is 0. The number of para-hydroxylation sites is 1. The Hall–Kier alpha value is -3.23. The van der Waals surface area contributed by atoms with Crippen molar-refractivity contribution in [2.45, 2.75) is 226 Å². The number of hydrogen-bond acceptors (Lipinski definition) is 7. The van der Waals surface area contributed by atoms with Crippen LogP contribution in [0.1, 0.15) is 226 Å². The molecule has 1 aliphatic heterocycles. The van der Waals surface area contributed by atoms with Gasteiger partial charge in [-0.1, -0.05) is 225 Å². The number of ether oxygens (including phenoxy) is 2. The van der Waals surface area contributed by atoms with Crippen molar-refractivity contribution >= 4 is 35.5 Å². The molecule has 0 spiro atoms. The average Bonchev–Trinajstić information content (AvgIpc) is 3.23. The molecule has 0 radical (unpaired) electrons. The van der Waals surface area contributed by atoms with Crippen molar-refractivity contribution in [1.82, 2.24) is 4.90 Å². The van der Waals surface area contributed by atoms with Gasteiger partial charge in [0.2, 0.25) is 11.8 Å². The quantitative estimate of drug-likeness (QED) is 0.0369. The van der Waals surface area contributed by atoms with E-state index in [0.29, 0.717) is 12.8 Å². The summed E-state index contributed by atoms with van der Waals surface area (Å²) in [5.74, 6) is -4.56. The minimum atomic E-state index is -1.47. The lowest BCUT2D eigenvalue weighted by Gasteiger charge is -2.36. The van der Waals surface area contributed by atoms with Crippen LogP contribution in [-0.4, -0.2) is 54.4 Å². The van der Waals surface area contributed by atoms with E-state index in [1.807, 2.05) is 0 Å². The molecule has 0 bridgehead atoms. The number of unbranched alkanes of at least 4 members (excludes halogenated alkanes) is 30. The molecule has 1 fully saturated rings. The monoisotopic (exact) mass is 825 g/mol. The third-order valence-electron chi connectivity index (χ3n) is 11.7. The number of rotatable bonds is 39. The van der Waals surface area contributed by atoms with Crippen molar-refractivity contribution in [3.8, 4) is 0 Å². The van der Waals surface area contributed by atoms with E-state index < -0.39 is 48.7 Å². The molecule has 1 heterocycles. The first kappa shape index (κ1) is 51.9. The first-order valence-electron chi connectivity index (χ1n) is 24.5. The predicted molar refractivity (Wildman–Crippen MR) is 240 cm³/mol. The van der Waals surface area contributed by atoms with Crippen molar-refractivity contribution in [2.75, 3.05) is 24.7 Å². The zero-order valence-electron chi connectivity index (χ0n) is 37.7. The standard InChI is InChI=1S/C50H84N2O7/c1-3-5-7-9-11-13-15-17-19-21-23-25-27-29-31-36-40-58-46(53)42-45-48(55)51(50(57)52(49(45)56)44-38-34-33-35-39-44)43-47(54)59-41-37-32-30-28-26-24-22-20-18-16-14-12-10-8-6-4-2/h33-35,38-39,45H,3-32,36-37,40-43H2,1-2H3. The normalized spacial score (nSPS) is 14.3. The van der Waals surface area contributed by atoms with E-state index >= 15 is 0 Å². The van der Waals surface area contributed by atoms with Gasteiger partial charge in [-0.25, -0.2) is 9.69 Å². The SMILES string of the molecule is CCCCCCCCCCCCCCCCCCOC(=O)CC1C(=O)N(CC(=O)OCCCCCCCCCCCCCCCCCC)C(=O)N(c2ccccc2)C1=O. The molecule has 1 unspecified atom stereocenters. The number of carbonyl (C=O) groups excluding carboxylic acids is 5. The van der Waals surface area contributed by atoms with Gasteiger partial charge < -0.3 is 9.47 Å². The third kappa shape index (κ3) is 24.6. The fourth-order valence-electron chi connectivity index (χ4n) is 7.97. The number of esters is 2. The van der Waals surface area contributed by atoms with E-state index in [2.05, 4.69) is 13.8 Å². The molecule has 0 saturated carbocycles. The van der Waals surface area contributed by atoms with Crippen molar-refractivity contribution in [2.24, 2.45) is 5.92 Å². The Morgan fingerprint density at radius 3 is 1.17 bits per heavy atom. The predicted octanol–water partition coefficient (Wildman–Crippen LogP) is 13.6. The average molecular weight is 825 g/mol. The number of anilines is 1. The summed E-state index contributed by atoms with van der Waals surface area (Å²) < 4.78 is 10.8. The Kier molecular flexibility index (Phi) is 31.3. The van der Waals surface area contributed by atoms with E-state index in [9.17, 15) is 24.0 Å². The van der Waals surface area contributed by atoms with Crippen molar-refractivity contribution in [3.05, 3.63) is 30.3 Å². The van der Waals surface area contributed by atoms with E-state index in [1.165, 1.54) is 154 Å². The number of nitrogens with zero attached hydrogens (tertiary/aromatic N) is 2. The van der Waals surface area contributed by atoms with Crippen LogP contribution in [0.5, 0.6) is 0 Å².